The van der Waals surface area contributed by atoms with Gasteiger partial charge in [-0.15, -0.1) is 0 Å². The molecule has 6 heteroatoms. The number of nitrogens with one attached hydrogen (secondary N) is 1. The number of carbonyl (C=O) groups is 2. The van der Waals surface area contributed by atoms with Crippen LogP contribution in [0.5, 0.6) is 0 Å². The van der Waals surface area contributed by atoms with Gasteiger partial charge in [-0.1, -0.05) is 41.9 Å². The summed E-state index contributed by atoms with van der Waals surface area (Å²) in [6.07, 6.45) is 3.42. The molecule has 28 heavy (non-hydrogen) atoms. The number of nitrogens with zero attached hydrogens (tertiary/aromatic N) is 1. The van der Waals surface area contributed by atoms with Crippen LogP contribution in [0.2, 0.25) is 5.02 Å². The Morgan fingerprint density at radius 2 is 1.71 bits per heavy atom. The Kier molecular flexibility index (Phi) is 6.98. The van der Waals surface area contributed by atoms with E-state index >= 15 is 0 Å². The summed E-state index contributed by atoms with van der Waals surface area (Å²) < 4.78 is 4.75. The van der Waals surface area contributed by atoms with Crippen LogP contribution in [0.3, 0.4) is 0 Å². The van der Waals surface area contributed by atoms with Gasteiger partial charge in [-0.2, -0.15) is 0 Å². The van der Waals surface area contributed by atoms with Crippen molar-refractivity contribution in [1.82, 2.24) is 10.2 Å². The molecule has 0 aromatic heterocycles. The Bertz CT molecular complexity index is 841. The van der Waals surface area contributed by atoms with Gasteiger partial charge in [0.15, 0.2) is 5.78 Å². The Balaban J connectivity index is 1.84. The van der Waals surface area contributed by atoms with E-state index in [2.05, 4.69) is 10.2 Å². The van der Waals surface area contributed by atoms with Crippen molar-refractivity contribution >= 4 is 29.4 Å². The predicted octanol–water partition coefficient (Wildman–Crippen LogP) is 3.36. The minimum Gasteiger partial charge on any atom is -0.465 e. The van der Waals surface area contributed by atoms with Crippen molar-refractivity contribution < 1.29 is 14.3 Å². The molecule has 0 amide bonds. The number of halogens is 1. The average Bonchev–Trinajstić information content (AvgIpc) is 2.74. The van der Waals surface area contributed by atoms with E-state index in [1.54, 1.807) is 36.4 Å². The molecule has 1 saturated heterocycles. The molecule has 1 aliphatic heterocycles. The second kappa shape index (κ2) is 9.64. The van der Waals surface area contributed by atoms with Gasteiger partial charge in [0.1, 0.15) is 0 Å². The summed E-state index contributed by atoms with van der Waals surface area (Å²) in [6, 6.07) is 14.0. The number of rotatable bonds is 6. The summed E-state index contributed by atoms with van der Waals surface area (Å²) in [4.78, 5) is 26.9. The molecule has 1 heterocycles. The number of piperazine rings is 1. The third-order valence-electron chi connectivity index (χ3n) is 4.74. The fourth-order valence-corrected chi connectivity index (χ4v) is 3.38. The minimum atomic E-state index is -0.391. The molecule has 1 unspecified atom stereocenters. The van der Waals surface area contributed by atoms with E-state index in [9.17, 15) is 9.59 Å². The number of methoxy groups -OCH3 is 1. The number of carbonyl (C=O) groups excluding carboxylic acids is 2. The van der Waals surface area contributed by atoms with Gasteiger partial charge < -0.3 is 10.1 Å². The Hall–Kier alpha value is -2.47. The normalized spacial score (nSPS) is 16.1. The SMILES string of the molecule is COC(=O)c1ccc(C(C(=O)C=Cc2ccc(Cl)cc2)N2CCNCC2)cc1. The Morgan fingerprint density at radius 1 is 1.07 bits per heavy atom. The number of ketones is 1. The van der Waals surface area contributed by atoms with Crippen molar-refractivity contribution in [3.63, 3.8) is 0 Å². The molecule has 0 spiro atoms. The van der Waals surface area contributed by atoms with Gasteiger partial charge in [0.05, 0.1) is 18.7 Å². The molecule has 146 valence electrons. The smallest absolute Gasteiger partial charge is 0.337 e. The average molecular weight is 399 g/mol. The van der Waals surface area contributed by atoms with E-state index in [1.165, 1.54) is 7.11 Å². The Morgan fingerprint density at radius 3 is 2.32 bits per heavy atom. The molecule has 0 bridgehead atoms. The Labute approximate surface area is 169 Å². The van der Waals surface area contributed by atoms with Gasteiger partial charge in [0.2, 0.25) is 0 Å². The number of esters is 1. The van der Waals surface area contributed by atoms with Crippen LogP contribution in [0.25, 0.3) is 6.08 Å². The van der Waals surface area contributed by atoms with E-state index in [4.69, 9.17) is 16.3 Å². The van der Waals surface area contributed by atoms with Crippen molar-refractivity contribution in [3.8, 4) is 0 Å². The summed E-state index contributed by atoms with van der Waals surface area (Å²) in [6.45, 7) is 3.24. The first-order valence-corrected chi connectivity index (χ1v) is 9.57. The van der Waals surface area contributed by atoms with Crippen LogP contribution in [-0.4, -0.2) is 49.9 Å². The largest absolute Gasteiger partial charge is 0.465 e. The molecular weight excluding hydrogens is 376 g/mol. The molecule has 5 nitrogen and oxygen atoms in total. The van der Waals surface area contributed by atoms with Crippen LogP contribution in [-0.2, 0) is 9.53 Å². The van der Waals surface area contributed by atoms with Gasteiger partial charge in [-0.3, -0.25) is 9.69 Å². The molecule has 1 fully saturated rings. The van der Waals surface area contributed by atoms with Crippen LogP contribution in [0.15, 0.2) is 54.6 Å². The van der Waals surface area contributed by atoms with Crippen molar-refractivity contribution in [3.05, 3.63) is 76.3 Å². The van der Waals surface area contributed by atoms with E-state index in [-0.39, 0.29) is 11.8 Å². The van der Waals surface area contributed by atoms with Gasteiger partial charge >= 0.3 is 5.97 Å². The maximum atomic E-state index is 13.1. The van der Waals surface area contributed by atoms with Crippen LogP contribution in [0.1, 0.15) is 27.5 Å². The van der Waals surface area contributed by atoms with Crippen LogP contribution in [0.4, 0.5) is 0 Å². The third kappa shape index (κ3) is 5.07. The second-order valence-corrected chi connectivity index (χ2v) is 7.03. The maximum Gasteiger partial charge on any atom is 0.337 e. The summed E-state index contributed by atoms with van der Waals surface area (Å²) in [7, 11) is 1.35. The summed E-state index contributed by atoms with van der Waals surface area (Å²) in [5.41, 5.74) is 2.24. The third-order valence-corrected chi connectivity index (χ3v) is 5.00. The van der Waals surface area contributed by atoms with Crippen LogP contribution >= 0.6 is 11.6 Å². The zero-order valence-corrected chi connectivity index (χ0v) is 16.5. The van der Waals surface area contributed by atoms with E-state index in [0.29, 0.717) is 10.6 Å². The van der Waals surface area contributed by atoms with Gasteiger partial charge in [0, 0.05) is 31.2 Å². The fourth-order valence-electron chi connectivity index (χ4n) is 3.26. The zero-order chi connectivity index (χ0) is 19.9. The van der Waals surface area contributed by atoms with Crippen molar-refractivity contribution in [2.45, 2.75) is 6.04 Å². The lowest BCUT2D eigenvalue weighted by Crippen LogP contribution is -2.47. The standard InChI is InChI=1S/C22H23ClN2O3/c1-28-22(27)18-7-5-17(6-8-18)21(25-14-12-24-13-15-25)20(26)11-4-16-2-9-19(23)10-3-16/h2-11,21,24H,12-15H2,1H3. The number of ether oxygens (including phenoxy) is 1. The first-order chi connectivity index (χ1) is 13.6. The molecule has 1 atom stereocenters. The van der Waals surface area contributed by atoms with Crippen molar-refractivity contribution in [2.24, 2.45) is 0 Å². The molecule has 0 radical (unpaired) electrons. The summed E-state index contributed by atoms with van der Waals surface area (Å²) in [5, 5.41) is 3.97. The second-order valence-electron chi connectivity index (χ2n) is 6.59. The molecule has 2 aromatic rings. The van der Waals surface area contributed by atoms with E-state index < -0.39 is 6.04 Å². The first-order valence-electron chi connectivity index (χ1n) is 9.19. The highest BCUT2D eigenvalue weighted by molar-refractivity contribution is 6.30. The highest BCUT2D eigenvalue weighted by Crippen LogP contribution is 2.24. The number of benzene rings is 2. The fraction of sp³-hybridized carbons (Fsp3) is 0.273. The lowest BCUT2D eigenvalue weighted by Gasteiger charge is -2.33. The highest BCUT2D eigenvalue weighted by Gasteiger charge is 2.27. The lowest BCUT2D eigenvalue weighted by atomic mass is 9.98. The number of hydrogen-bond donors (Lipinski definition) is 1. The van der Waals surface area contributed by atoms with Gasteiger partial charge in [-0.05, 0) is 41.5 Å². The van der Waals surface area contributed by atoms with E-state index in [0.717, 1.165) is 37.3 Å². The van der Waals surface area contributed by atoms with Gasteiger partial charge in [0.25, 0.3) is 0 Å². The molecule has 1 aliphatic rings. The van der Waals surface area contributed by atoms with Crippen LogP contribution < -0.4 is 5.32 Å². The number of hydrogen-bond acceptors (Lipinski definition) is 5. The predicted molar refractivity (Wildman–Crippen MR) is 110 cm³/mol. The van der Waals surface area contributed by atoms with Crippen molar-refractivity contribution in [1.29, 1.82) is 0 Å². The summed E-state index contributed by atoms with van der Waals surface area (Å²) >= 11 is 5.92. The molecule has 0 saturated carbocycles. The minimum absolute atomic E-state index is 0.00247. The van der Waals surface area contributed by atoms with Crippen LogP contribution in [0, 0.1) is 0 Å². The van der Waals surface area contributed by atoms with Crippen molar-refractivity contribution in [2.75, 3.05) is 33.3 Å². The molecule has 3 rings (SSSR count). The molecule has 1 N–H and O–H groups in total. The monoisotopic (exact) mass is 398 g/mol. The summed E-state index contributed by atoms with van der Waals surface area (Å²) in [5.74, 6) is -0.387. The molecule has 2 aromatic carbocycles. The highest BCUT2D eigenvalue weighted by atomic mass is 35.5. The molecular formula is C22H23ClN2O3. The lowest BCUT2D eigenvalue weighted by molar-refractivity contribution is -0.120. The van der Waals surface area contributed by atoms with Gasteiger partial charge in [-0.25, -0.2) is 4.79 Å². The topological polar surface area (TPSA) is 58.6 Å². The maximum absolute atomic E-state index is 13.1. The quantitative estimate of drug-likeness (QED) is 0.597. The molecule has 0 aliphatic carbocycles. The zero-order valence-electron chi connectivity index (χ0n) is 15.7. The first kappa shape index (κ1) is 20.3. The van der Waals surface area contributed by atoms with E-state index in [1.807, 2.05) is 24.3 Å².